The van der Waals surface area contributed by atoms with E-state index in [4.69, 9.17) is 14.2 Å². The Morgan fingerprint density at radius 2 is 1.43 bits per heavy atom. The summed E-state index contributed by atoms with van der Waals surface area (Å²) >= 11 is 0. The van der Waals surface area contributed by atoms with Crippen molar-refractivity contribution >= 4 is 18.2 Å². The summed E-state index contributed by atoms with van der Waals surface area (Å²) in [6.07, 6.45) is 1.07. The van der Waals surface area contributed by atoms with Crippen LogP contribution in [0.2, 0.25) is 0 Å². The lowest BCUT2D eigenvalue weighted by molar-refractivity contribution is -0.143. The van der Waals surface area contributed by atoms with E-state index in [1.807, 2.05) is 75.4 Å². The number of carbonyl (C=O) groups excluding carboxylic acids is 3. The first-order chi connectivity index (χ1) is 21.2. The molecule has 3 aromatic rings. The second-order valence-corrected chi connectivity index (χ2v) is 11.9. The first-order valence-corrected chi connectivity index (χ1v) is 15.2. The van der Waals surface area contributed by atoms with Crippen LogP contribution in [0.3, 0.4) is 0 Å². The van der Waals surface area contributed by atoms with Gasteiger partial charge in [0.05, 0.1) is 6.54 Å². The minimum atomic E-state index is -0.559. The Morgan fingerprint density at radius 1 is 0.795 bits per heavy atom. The Kier molecular flexibility index (Phi) is 11.8. The number of benzene rings is 3. The molecule has 1 unspecified atom stereocenters. The normalized spacial score (nSPS) is 12.9. The fourth-order valence-electron chi connectivity index (χ4n) is 5.19. The Bertz CT molecular complexity index is 1340. The van der Waals surface area contributed by atoms with Crippen LogP contribution in [-0.4, -0.2) is 56.0 Å². The molecule has 3 aromatic carbocycles. The number of amides is 2. The number of nitrogens with one attached hydrogen (secondary N) is 3. The lowest BCUT2D eigenvalue weighted by Gasteiger charge is -2.21. The lowest BCUT2D eigenvalue weighted by Crippen LogP contribution is -2.44. The molecule has 0 aliphatic heterocycles. The van der Waals surface area contributed by atoms with E-state index >= 15 is 0 Å². The summed E-state index contributed by atoms with van der Waals surface area (Å²) < 4.78 is 16.4. The van der Waals surface area contributed by atoms with Crippen LogP contribution in [0.25, 0.3) is 11.1 Å². The average Bonchev–Trinajstić information content (AvgIpc) is 3.32. The van der Waals surface area contributed by atoms with Gasteiger partial charge < -0.3 is 30.2 Å². The van der Waals surface area contributed by atoms with Gasteiger partial charge in [0.1, 0.15) is 18.8 Å². The molecule has 4 rings (SSSR count). The zero-order chi connectivity index (χ0) is 31.4. The highest BCUT2D eigenvalue weighted by molar-refractivity contribution is 5.79. The fourth-order valence-corrected chi connectivity index (χ4v) is 5.19. The number of hydrogen-bond acceptors (Lipinski definition) is 7. The molecule has 1 aliphatic rings. The van der Waals surface area contributed by atoms with E-state index in [1.54, 1.807) is 0 Å². The van der Waals surface area contributed by atoms with E-state index in [1.165, 1.54) is 11.1 Å². The second-order valence-electron chi connectivity index (χ2n) is 11.9. The molecule has 9 heteroatoms. The van der Waals surface area contributed by atoms with Crippen molar-refractivity contribution in [3.63, 3.8) is 0 Å². The van der Waals surface area contributed by atoms with Crippen LogP contribution in [0, 0.1) is 0 Å². The van der Waals surface area contributed by atoms with E-state index in [-0.39, 0.29) is 37.7 Å². The standard InChI is InChI=1S/C35H43N3O6/c1-35(2,3)44-33(40)37-20-12-11-15-26(21-36-22-32(39)42-23-25-13-5-4-6-14-25)38-34(41)43-24-31-29-18-9-7-16-27(29)28-17-8-10-19-30(28)31/h4-10,13-14,16-19,26,31,36H,11-12,15,20-24H2,1-3H3,(H,37,40)(H,38,41). The van der Waals surface area contributed by atoms with E-state index in [0.717, 1.165) is 23.1 Å². The van der Waals surface area contributed by atoms with Crippen LogP contribution in [0.15, 0.2) is 78.9 Å². The molecule has 0 saturated heterocycles. The third kappa shape index (κ3) is 10.1. The Morgan fingerprint density at radius 3 is 2.09 bits per heavy atom. The number of fused-ring (bicyclic) bond motifs is 3. The van der Waals surface area contributed by atoms with Crippen LogP contribution in [0.5, 0.6) is 0 Å². The van der Waals surface area contributed by atoms with Gasteiger partial charge in [0.15, 0.2) is 0 Å². The third-order valence-electron chi connectivity index (χ3n) is 7.22. The van der Waals surface area contributed by atoms with Crippen LogP contribution in [-0.2, 0) is 25.6 Å². The highest BCUT2D eigenvalue weighted by atomic mass is 16.6. The minimum absolute atomic E-state index is 0.00982. The van der Waals surface area contributed by atoms with Crippen molar-refractivity contribution < 1.29 is 28.6 Å². The van der Waals surface area contributed by atoms with E-state index in [9.17, 15) is 14.4 Å². The maximum absolute atomic E-state index is 13.0. The van der Waals surface area contributed by atoms with Gasteiger partial charge in [0.25, 0.3) is 0 Å². The fraction of sp³-hybridized carbons (Fsp3) is 0.400. The monoisotopic (exact) mass is 601 g/mol. The van der Waals surface area contributed by atoms with E-state index in [0.29, 0.717) is 25.9 Å². The molecule has 0 heterocycles. The SMILES string of the molecule is CC(C)(C)OC(=O)NCCCCC(CNCC(=O)OCc1ccccc1)NC(=O)OCC1c2ccccc2-c2ccccc21. The smallest absolute Gasteiger partial charge is 0.407 e. The topological polar surface area (TPSA) is 115 Å². The molecule has 234 valence electrons. The first kappa shape index (κ1) is 32.5. The van der Waals surface area contributed by atoms with Crippen LogP contribution >= 0.6 is 0 Å². The molecular weight excluding hydrogens is 558 g/mol. The van der Waals surface area contributed by atoms with Gasteiger partial charge in [-0.3, -0.25) is 4.79 Å². The zero-order valence-electron chi connectivity index (χ0n) is 25.8. The van der Waals surface area contributed by atoms with Crippen molar-refractivity contribution in [1.82, 2.24) is 16.0 Å². The van der Waals surface area contributed by atoms with E-state index in [2.05, 4.69) is 40.2 Å². The number of alkyl carbamates (subject to hydrolysis) is 2. The summed E-state index contributed by atoms with van der Waals surface area (Å²) in [5, 5.41) is 8.82. The second kappa shape index (κ2) is 15.9. The Balaban J connectivity index is 1.26. The molecule has 0 aromatic heterocycles. The Hall–Kier alpha value is -4.37. The lowest BCUT2D eigenvalue weighted by atomic mass is 9.98. The maximum Gasteiger partial charge on any atom is 0.407 e. The van der Waals surface area contributed by atoms with Gasteiger partial charge >= 0.3 is 18.2 Å². The third-order valence-corrected chi connectivity index (χ3v) is 7.22. The molecule has 44 heavy (non-hydrogen) atoms. The summed E-state index contributed by atoms with van der Waals surface area (Å²) in [6, 6.07) is 25.6. The highest BCUT2D eigenvalue weighted by Gasteiger charge is 2.29. The number of unbranched alkanes of at least 4 members (excludes halogenated alkanes) is 1. The van der Waals surface area contributed by atoms with Gasteiger partial charge in [-0.25, -0.2) is 9.59 Å². The number of rotatable bonds is 14. The molecule has 0 radical (unpaired) electrons. The Labute approximate surface area is 259 Å². The summed E-state index contributed by atoms with van der Waals surface area (Å²) in [6.45, 7) is 6.68. The van der Waals surface area contributed by atoms with Crippen molar-refractivity contribution in [2.75, 3.05) is 26.2 Å². The molecule has 1 aliphatic carbocycles. The summed E-state index contributed by atoms with van der Waals surface area (Å²) in [4.78, 5) is 37.2. The van der Waals surface area contributed by atoms with E-state index < -0.39 is 17.8 Å². The number of hydrogen-bond donors (Lipinski definition) is 3. The molecule has 0 bridgehead atoms. The molecule has 1 atom stereocenters. The van der Waals surface area contributed by atoms with Crippen molar-refractivity contribution in [2.24, 2.45) is 0 Å². The quantitative estimate of drug-likeness (QED) is 0.119. The molecule has 0 fully saturated rings. The summed E-state index contributed by atoms with van der Waals surface area (Å²) in [5.41, 5.74) is 4.97. The minimum Gasteiger partial charge on any atom is -0.460 e. The van der Waals surface area contributed by atoms with Gasteiger partial charge in [0, 0.05) is 25.0 Å². The predicted molar refractivity (Wildman–Crippen MR) is 169 cm³/mol. The predicted octanol–water partition coefficient (Wildman–Crippen LogP) is 5.92. The number of carbonyl (C=O) groups is 3. The van der Waals surface area contributed by atoms with Gasteiger partial charge in [0.2, 0.25) is 0 Å². The van der Waals surface area contributed by atoms with Gasteiger partial charge in [-0.1, -0.05) is 78.9 Å². The highest BCUT2D eigenvalue weighted by Crippen LogP contribution is 2.44. The molecule has 0 saturated carbocycles. The van der Waals surface area contributed by atoms with Crippen molar-refractivity contribution in [1.29, 1.82) is 0 Å². The van der Waals surface area contributed by atoms with Crippen LogP contribution in [0.1, 0.15) is 62.6 Å². The van der Waals surface area contributed by atoms with Crippen molar-refractivity contribution in [3.8, 4) is 11.1 Å². The van der Waals surface area contributed by atoms with Crippen LogP contribution < -0.4 is 16.0 Å². The molecule has 3 N–H and O–H groups in total. The maximum atomic E-state index is 13.0. The largest absolute Gasteiger partial charge is 0.460 e. The average molecular weight is 602 g/mol. The molecule has 2 amide bonds. The molecule has 9 nitrogen and oxygen atoms in total. The summed E-state index contributed by atoms with van der Waals surface area (Å²) in [5.74, 6) is -0.418. The first-order valence-electron chi connectivity index (χ1n) is 15.2. The molecular formula is C35H43N3O6. The van der Waals surface area contributed by atoms with Gasteiger partial charge in [-0.05, 0) is 67.9 Å². The van der Waals surface area contributed by atoms with Gasteiger partial charge in [-0.2, -0.15) is 0 Å². The zero-order valence-corrected chi connectivity index (χ0v) is 25.8. The summed E-state index contributed by atoms with van der Waals surface area (Å²) in [7, 11) is 0. The number of ether oxygens (including phenoxy) is 3. The number of esters is 1. The van der Waals surface area contributed by atoms with Crippen molar-refractivity contribution in [3.05, 3.63) is 95.6 Å². The van der Waals surface area contributed by atoms with Crippen LogP contribution in [0.4, 0.5) is 9.59 Å². The molecule has 0 spiro atoms. The van der Waals surface area contributed by atoms with Crippen molar-refractivity contribution in [2.45, 2.75) is 64.2 Å². The van der Waals surface area contributed by atoms with Gasteiger partial charge in [-0.15, -0.1) is 0 Å².